The lowest BCUT2D eigenvalue weighted by atomic mass is 9.97. The van der Waals surface area contributed by atoms with Crippen LogP contribution in [-0.2, 0) is 0 Å². The monoisotopic (exact) mass is 519 g/mol. The third-order valence-electron chi connectivity index (χ3n) is 5.82. The lowest BCUT2D eigenvalue weighted by Gasteiger charge is -2.40. The first-order valence-electron chi connectivity index (χ1n) is 9.68. The molecule has 8 heteroatoms. The van der Waals surface area contributed by atoms with Gasteiger partial charge in [-0.05, 0) is 38.4 Å². The van der Waals surface area contributed by atoms with Crippen molar-refractivity contribution in [3.8, 4) is 5.75 Å². The minimum atomic E-state index is 0. The van der Waals surface area contributed by atoms with Crippen LogP contribution in [0.4, 0.5) is 5.69 Å². The second-order valence-corrected chi connectivity index (χ2v) is 8.60. The molecular formula is C20H34IN5OS. The van der Waals surface area contributed by atoms with E-state index in [0.717, 1.165) is 44.4 Å². The van der Waals surface area contributed by atoms with Crippen LogP contribution in [0.25, 0.3) is 0 Å². The van der Waals surface area contributed by atoms with Crippen LogP contribution in [0.5, 0.6) is 5.75 Å². The Morgan fingerprint density at radius 1 is 1.29 bits per heavy atom. The Kier molecular flexibility index (Phi) is 9.01. The van der Waals surface area contributed by atoms with Gasteiger partial charge in [0.15, 0.2) is 5.96 Å². The van der Waals surface area contributed by atoms with Crippen molar-refractivity contribution in [1.29, 1.82) is 0 Å². The molecule has 28 heavy (non-hydrogen) atoms. The number of nitrogens with zero attached hydrogens (tertiary/aromatic N) is 4. The van der Waals surface area contributed by atoms with E-state index in [9.17, 15) is 0 Å². The highest BCUT2D eigenvalue weighted by Crippen LogP contribution is 2.31. The summed E-state index contributed by atoms with van der Waals surface area (Å²) in [6.45, 7) is 4.88. The van der Waals surface area contributed by atoms with Gasteiger partial charge in [0.1, 0.15) is 5.75 Å². The topological polar surface area (TPSA) is 43.3 Å². The molecule has 1 aromatic carbocycles. The van der Waals surface area contributed by atoms with E-state index in [2.05, 4.69) is 69.1 Å². The second kappa shape index (κ2) is 10.8. The maximum Gasteiger partial charge on any atom is 0.193 e. The summed E-state index contributed by atoms with van der Waals surface area (Å²) < 4.78 is 5.36. The Bertz CT molecular complexity index is 643. The molecule has 0 bridgehead atoms. The maximum absolute atomic E-state index is 5.36. The molecule has 2 aliphatic rings. The number of methoxy groups -OCH3 is 1. The molecule has 3 rings (SSSR count). The van der Waals surface area contributed by atoms with Crippen LogP contribution in [-0.4, -0.2) is 93.8 Å². The summed E-state index contributed by atoms with van der Waals surface area (Å²) in [5.74, 6) is 4.37. The van der Waals surface area contributed by atoms with E-state index in [1.54, 1.807) is 7.11 Å². The smallest absolute Gasteiger partial charge is 0.193 e. The first-order chi connectivity index (χ1) is 13.1. The molecule has 1 aromatic rings. The number of hydrogen-bond acceptors (Lipinski definition) is 5. The van der Waals surface area contributed by atoms with E-state index in [-0.39, 0.29) is 29.5 Å². The highest BCUT2D eigenvalue weighted by atomic mass is 127. The Labute approximate surface area is 191 Å². The summed E-state index contributed by atoms with van der Waals surface area (Å²) in [4.78, 5) is 11.7. The summed E-state index contributed by atoms with van der Waals surface area (Å²) in [5, 5.41) is 3.66. The quantitative estimate of drug-likeness (QED) is 0.367. The number of halogens is 1. The van der Waals surface area contributed by atoms with Crippen molar-refractivity contribution in [3.63, 3.8) is 0 Å². The van der Waals surface area contributed by atoms with Crippen molar-refractivity contribution in [2.75, 3.05) is 77.4 Å². The van der Waals surface area contributed by atoms with Crippen LogP contribution >= 0.6 is 35.7 Å². The van der Waals surface area contributed by atoms with Gasteiger partial charge in [-0.15, -0.1) is 24.0 Å². The number of likely N-dealkylation sites (N-methyl/N-ethyl adjacent to an activating group) is 1. The van der Waals surface area contributed by atoms with Crippen molar-refractivity contribution >= 4 is 47.4 Å². The number of aliphatic imine (C=N–C) groups is 1. The van der Waals surface area contributed by atoms with Gasteiger partial charge in [0.25, 0.3) is 0 Å². The number of ether oxygens (including phenoxy) is 1. The lowest BCUT2D eigenvalue weighted by molar-refractivity contribution is 0.181. The van der Waals surface area contributed by atoms with Gasteiger partial charge >= 0.3 is 0 Å². The van der Waals surface area contributed by atoms with Crippen LogP contribution < -0.4 is 15.0 Å². The van der Waals surface area contributed by atoms with Gasteiger partial charge < -0.3 is 24.8 Å². The van der Waals surface area contributed by atoms with Gasteiger partial charge in [-0.25, -0.2) is 0 Å². The van der Waals surface area contributed by atoms with Crippen molar-refractivity contribution in [2.24, 2.45) is 4.99 Å². The van der Waals surface area contributed by atoms with Crippen LogP contribution in [0, 0.1) is 0 Å². The summed E-state index contributed by atoms with van der Waals surface area (Å²) in [5.41, 5.74) is 1.47. The van der Waals surface area contributed by atoms with E-state index in [1.165, 1.54) is 23.6 Å². The van der Waals surface area contributed by atoms with Gasteiger partial charge in [-0.3, -0.25) is 4.99 Å². The molecule has 2 aliphatic heterocycles. The number of benzene rings is 1. The van der Waals surface area contributed by atoms with E-state index < -0.39 is 0 Å². The zero-order valence-corrected chi connectivity index (χ0v) is 20.6. The zero-order chi connectivity index (χ0) is 19.3. The molecular weight excluding hydrogens is 485 g/mol. The fourth-order valence-corrected chi connectivity index (χ4v) is 5.36. The molecule has 158 valence electrons. The predicted molar refractivity (Wildman–Crippen MR) is 132 cm³/mol. The highest BCUT2D eigenvalue weighted by molar-refractivity contribution is 14.0. The fourth-order valence-electron chi connectivity index (χ4n) is 3.81. The summed E-state index contributed by atoms with van der Waals surface area (Å²) in [6.07, 6.45) is 1.23. The van der Waals surface area contributed by atoms with Crippen LogP contribution in [0.2, 0.25) is 0 Å². The van der Waals surface area contributed by atoms with Gasteiger partial charge in [-0.2, -0.15) is 11.8 Å². The normalized spacial score (nSPS) is 23.0. The van der Waals surface area contributed by atoms with Crippen LogP contribution in [0.3, 0.4) is 0 Å². The summed E-state index contributed by atoms with van der Waals surface area (Å²) in [7, 11) is 8.00. The largest absolute Gasteiger partial charge is 0.497 e. The zero-order valence-electron chi connectivity index (χ0n) is 17.5. The summed E-state index contributed by atoms with van der Waals surface area (Å²) in [6, 6.07) is 8.32. The molecule has 0 aromatic heterocycles. The minimum Gasteiger partial charge on any atom is -0.497 e. The number of rotatable bonds is 5. The van der Waals surface area contributed by atoms with Gasteiger partial charge in [0.2, 0.25) is 0 Å². The van der Waals surface area contributed by atoms with Crippen LogP contribution in [0.1, 0.15) is 6.42 Å². The molecule has 1 N–H and O–H groups in total. The summed E-state index contributed by atoms with van der Waals surface area (Å²) >= 11 is 2.05. The van der Waals surface area contributed by atoms with E-state index in [1.807, 2.05) is 13.1 Å². The number of nitrogens with one attached hydrogen (secondary N) is 1. The number of thioether (sulfide) groups is 1. The van der Waals surface area contributed by atoms with E-state index >= 15 is 0 Å². The third-order valence-corrected chi connectivity index (χ3v) is 7.05. The third kappa shape index (κ3) is 5.38. The van der Waals surface area contributed by atoms with Gasteiger partial charge in [0, 0.05) is 62.8 Å². The standard InChI is InChI=1S/C20H33N5OS.HI/c1-21-19(22-15-20(23(2)3)8-13-27-16-20)25-11-9-24(10-12-25)17-6-5-7-18(14-17)26-4;/h5-7,14H,8-13,15-16H2,1-4H3,(H,21,22);1H. The van der Waals surface area contributed by atoms with E-state index in [0.29, 0.717) is 0 Å². The first kappa shape index (κ1) is 23.4. The van der Waals surface area contributed by atoms with Crippen molar-refractivity contribution in [3.05, 3.63) is 24.3 Å². The van der Waals surface area contributed by atoms with Gasteiger partial charge in [0.05, 0.1) is 7.11 Å². The number of piperazine rings is 1. The SMILES string of the molecule is CN=C(NCC1(N(C)C)CCSC1)N1CCN(c2cccc(OC)c2)CC1.I. The minimum absolute atomic E-state index is 0. The molecule has 0 spiro atoms. The first-order valence-corrected chi connectivity index (χ1v) is 10.8. The molecule has 2 saturated heterocycles. The molecule has 0 radical (unpaired) electrons. The average Bonchev–Trinajstić information content (AvgIpc) is 3.19. The maximum atomic E-state index is 5.36. The molecule has 1 unspecified atom stereocenters. The lowest BCUT2D eigenvalue weighted by Crippen LogP contribution is -2.57. The van der Waals surface area contributed by atoms with Crippen molar-refractivity contribution in [2.45, 2.75) is 12.0 Å². The molecule has 0 aliphatic carbocycles. The number of anilines is 1. The van der Waals surface area contributed by atoms with Crippen molar-refractivity contribution in [1.82, 2.24) is 15.1 Å². The van der Waals surface area contributed by atoms with Gasteiger partial charge in [-0.1, -0.05) is 6.07 Å². The average molecular weight is 519 g/mol. The molecule has 2 fully saturated rings. The Morgan fingerprint density at radius 3 is 2.61 bits per heavy atom. The molecule has 2 heterocycles. The van der Waals surface area contributed by atoms with Crippen molar-refractivity contribution < 1.29 is 4.74 Å². The van der Waals surface area contributed by atoms with E-state index in [4.69, 9.17) is 4.74 Å². The molecule has 1 atom stereocenters. The van der Waals surface area contributed by atoms with Crippen LogP contribution in [0.15, 0.2) is 29.3 Å². The molecule has 0 amide bonds. The predicted octanol–water partition coefficient (Wildman–Crippen LogP) is 2.45. The number of hydrogen-bond donors (Lipinski definition) is 1. The second-order valence-electron chi connectivity index (χ2n) is 7.50. The highest BCUT2D eigenvalue weighted by Gasteiger charge is 2.37. The fraction of sp³-hybridized carbons (Fsp3) is 0.650. The molecule has 0 saturated carbocycles. The Morgan fingerprint density at radius 2 is 2.04 bits per heavy atom. The molecule has 6 nitrogen and oxygen atoms in total. The Balaban J connectivity index is 0.00000280. The number of guanidine groups is 1. The Hall–Kier alpha value is -0.870.